The van der Waals surface area contributed by atoms with Crippen LogP contribution in [0.5, 0.6) is 0 Å². The number of benzene rings is 5. The summed E-state index contributed by atoms with van der Waals surface area (Å²) in [6.45, 7) is 20.5. The average Bonchev–Trinajstić information content (AvgIpc) is 3.76. The van der Waals surface area contributed by atoms with Gasteiger partial charge in [0, 0.05) is 43.8 Å². The molecule has 3 aromatic heterocycles. The van der Waals surface area contributed by atoms with Crippen LogP contribution in [-0.4, -0.2) is 22.6 Å². The molecule has 5 aromatic carbocycles. The Kier molecular flexibility index (Phi) is 12.2. The first kappa shape index (κ1) is 40.8. The van der Waals surface area contributed by atoms with Gasteiger partial charge in [0.15, 0.2) is 0 Å². The molecule has 0 bridgehead atoms. The van der Waals surface area contributed by atoms with Gasteiger partial charge in [-0.1, -0.05) is 149 Å². The zero-order chi connectivity index (χ0) is 38.9. The third-order valence-electron chi connectivity index (χ3n) is 10.1. The van der Waals surface area contributed by atoms with E-state index in [1.165, 1.54) is 33.0 Å². The molecule has 8 aromatic rings. The Morgan fingerprint density at radius 3 is 2.12 bits per heavy atom. The van der Waals surface area contributed by atoms with Crippen LogP contribution in [0, 0.1) is 25.2 Å². The standard InChI is InChI=1S/C32H27N2O.C18H24NSi.Ir/c1-21-9-18-30-26(19-21)27(20-35-30)31-33-28-7-5-6-8-29(28)34(31)25-16-12-23(13-17-25)22-10-14-24(15-11-22)32(2,3)4;1-14(2)11-16-12-17(15-9-7-6-8-10-15)19-13-18(16)20(3,4)5;/h5-19H,1-4H3;6-9,12-14H,11H2,1-5H3;/q2*-1;. The van der Waals surface area contributed by atoms with Crippen LogP contribution in [0.2, 0.25) is 19.6 Å². The Morgan fingerprint density at radius 2 is 1.48 bits per heavy atom. The molecule has 6 heteroatoms. The summed E-state index contributed by atoms with van der Waals surface area (Å²) in [7, 11) is -1.34. The second kappa shape index (κ2) is 16.7. The number of para-hydroxylation sites is 2. The largest absolute Gasteiger partial charge is 0.557 e. The molecule has 0 spiro atoms. The van der Waals surface area contributed by atoms with Crippen LogP contribution >= 0.6 is 0 Å². The van der Waals surface area contributed by atoms with Crippen LogP contribution in [0.1, 0.15) is 51.3 Å². The summed E-state index contributed by atoms with van der Waals surface area (Å²) in [5, 5.41) is 2.52. The first-order chi connectivity index (χ1) is 26.3. The van der Waals surface area contributed by atoms with Gasteiger partial charge in [0.1, 0.15) is 0 Å². The zero-order valence-corrected chi connectivity index (χ0v) is 37.4. The number of furan rings is 1. The minimum absolute atomic E-state index is 0. The molecule has 0 aliphatic heterocycles. The molecule has 56 heavy (non-hydrogen) atoms. The van der Waals surface area contributed by atoms with Gasteiger partial charge in [0.2, 0.25) is 0 Å². The van der Waals surface area contributed by atoms with Crippen molar-refractivity contribution in [1.29, 1.82) is 0 Å². The zero-order valence-electron chi connectivity index (χ0n) is 34.0. The minimum Gasteiger partial charge on any atom is -0.557 e. The molecule has 1 radical (unpaired) electrons. The van der Waals surface area contributed by atoms with Crippen molar-refractivity contribution in [2.45, 2.75) is 73.0 Å². The number of hydrogen-bond acceptors (Lipinski definition) is 3. The van der Waals surface area contributed by atoms with Gasteiger partial charge in [-0.05, 0) is 76.5 Å². The molecule has 0 saturated heterocycles. The van der Waals surface area contributed by atoms with E-state index in [1.54, 1.807) is 0 Å². The molecule has 0 aliphatic carbocycles. The smallest absolute Gasteiger partial charge is 0.0798 e. The monoisotopic (exact) mass is 930 g/mol. The molecule has 3 heterocycles. The quantitative estimate of drug-likeness (QED) is 0.118. The normalized spacial score (nSPS) is 11.8. The van der Waals surface area contributed by atoms with Crippen LogP contribution in [0.3, 0.4) is 0 Å². The summed E-state index contributed by atoms with van der Waals surface area (Å²) < 4.78 is 7.98. The van der Waals surface area contributed by atoms with Gasteiger partial charge in [-0.2, -0.15) is 0 Å². The van der Waals surface area contributed by atoms with Gasteiger partial charge in [-0.15, -0.1) is 35.9 Å². The predicted molar refractivity (Wildman–Crippen MR) is 234 cm³/mol. The van der Waals surface area contributed by atoms with Gasteiger partial charge in [-0.3, -0.25) is 4.98 Å². The molecule has 4 nitrogen and oxygen atoms in total. The second-order valence-electron chi connectivity index (χ2n) is 17.1. The molecular weight excluding hydrogens is 879 g/mol. The summed E-state index contributed by atoms with van der Waals surface area (Å²) in [5.74, 6) is 1.50. The van der Waals surface area contributed by atoms with E-state index in [9.17, 15) is 0 Å². The van der Waals surface area contributed by atoms with Crippen molar-refractivity contribution in [2.75, 3.05) is 0 Å². The molecular formula is C50H51IrN3OSi-2. The minimum atomic E-state index is -1.34. The Morgan fingerprint density at radius 1 is 0.804 bits per heavy atom. The van der Waals surface area contributed by atoms with E-state index in [0.717, 1.165) is 56.8 Å². The summed E-state index contributed by atoms with van der Waals surface area (Å²) in [6.07, 6.45) is 6.36. The van der Waals surface area contributed by atoms with E-state index in [2.05, 4.69) is 174 Å². The van der Waals surface area contributed by atoms with Crippen LogP contribution in [0.15, 0.2) is 132 Å². The number of hydrogen-bond donors (Lipinski definition) is 0. The van der Waals surface area contributed by atoms with Crippen LogP contribution in [0.25, 0.3) is 61.5 Å². The van der Waals surface area contributed by atoms with E-state index in [1.807, 2.05) is 36.4 Å². The Hall–Kier alpha value is -4.87. The molecule has 287 valence electrons. The molecule has 8 rings (SSSR count). The maximum Gasteiger partial charge on any atom is 0.0798 e. The Labute approximate surface area is 347 Å². The molecule has 0 N–H and O–H groups in total. The van der Waals surface area contributed by atoms with E-state index >= 15 is 0 Å². The van der Waals surface area contributed by atoms with Crippen molar-refractivity contribution < 1.29 is 24.5 Å². The fraction of sp³-hybridized carbons (Fsp3) is 0.240. The van der Waals surface area contributed by atoms with E-state index in [4.69, 9.17) is 9.40 Å². The number of rotatable bonds is 7. The number of aromatic nitrogens is 3. The number of fused-ring (bicyclic) bond motifs is 2. The van der Waals surface area contributed by atoms with Crippen molar-refractivity contribution in [1.82, 2.24) is 14.5 Å². The van der Waals surface area contributed by atoms with Crippen molar-refractivity contribution in [3.8, 4) is 39.5 Å². The molecule has 0 fully saturated rings. The van der Waals surface area contributed by atoms with E-state index in [0.29, 0.717) is 5.92 Å². The molecule has 0 amide bonds. The summed E-state index contributed by atoms with van der Waals surface area (Å²) in [6, 6.07) is 45.6. The average molecular weight is 930 g/mol. The van der Waals surface area contributed by atoms with Crippen molar-refractivity contribution in [2.24, 2.45) is 5.92 Å². The Bertz CT molecular complexity index is 2550. The summed E-state index contributed by atoms with van der Waals surface area (Å²) in [4.78, 5) is 9.68. The van der Waals surface area contributed by atoms with Crippen LogP contribution < -0.4 is 5.19 Å². The Balaban J connectivity index is 0.000000217. The molecule has 0 unspecified atom stereocenters. The predicted octanol–water partition coefficient (Wildman–Crippen LogP) is 12.8. The molecule has 0 saturated carbocycles. The first-order valence-corrected chi connectivity index (χ1v) is 22.8. The number of pyridine rings is 1. The molecule has 0 aliphatic rings. The van der Waals surface area contributed by atoms with Gasteiger partial charge >= 0.3 is 0 Å². The first-order valence-electron chi connectivity index (χ1n) is 19.3. The summed E-state index contributed by atoms with van der Waals surface area (Å²) in [5.41, 5.74) is 13.4. The van der Waals surface area contributed by atoms with Gasteiger partial charge in [0.25, 0.3) is 0 Å². The number of nitrogens with zero attached hydrogens (tertiary/aromatic N) is 3. The van der Waals surface area contributed by atoms with Gasteiger partial charge in [-0.25, -0.2) is 0 Å². The third kappa shape index (κ3) is 8.89. The van der Waals surface area contributed by atoms with Gasteiger partial charge < -0.3 is 14.0 Å². The van der Waals surface area contributed by atoms with Crippen molar-refractivity contribution in [3.63, 3.8) is 0 Å². The second-order valence-corrected chi connectivity index (χ2v) is 22.1. The van der Waals surface area contributed by atoms with Crippen molar-refractivity contribution in [3.05, 3.63) is 157 Å². The SMILES string of the molecule is CC(C)Cc1cc(-c2[c-]cccc2)ncc1[Si](C)(C)C.Cc1ccc2o[c-]c(-c3nc4ccccc4n3-c3ccc(-c4ccc(C(C)(C)C)cc4)cc3)c2c1.[Ir]. The summed E-state index contributed by atoms with van der Waals surface area (Å²) >= 11 is 0. The van der Waals surface area contributed by atoms with Gasteiger partial charge in [0.05, 0.1) is 24.9 Å². The maximum absolute atomic E-state index is 5.78. The molecule has 0 atom stereocenters. The van der Waals surface area contributed by atoms with E-state index in [-0.39, 0.29) is 25.5 Å². The van der Waals surface area contributed by atoms with E-state index < -0.39 is 8.07 Å². The number of aryl methyl sites for hydroxylation is 1. The third-order valence-corrected chi connectivity index (χ3v) is 12.1. The maximum atomic E-state index is 5.78. The van der Waals surface area contributed by atoms with Crippen molar-refractivity contribution >= 4 is 35.3 Å². The van der Waals surface area contributed by atoms with Crippen LogP contribution in [-0.2, 0) is 31.9 Å². The van der Waals surface area contributed by atoms with Crippen LogP contribution in [0.4, 0.5) is 0 Å². The fourth-order valence-electron chi connectivity index (χ4n) is 7.16. The fourth-order valence-corrected chi connectivity index (χ4v) is 8.75. The topological polar surface area (TPSA) is 43.9 Å². The number of imidazole rings is 1.